The van der Waals surface area contributed by atoms with E-state index in [2.05, 4.69) is 0 Å². The highest BCUT2D eigenvalue weighted by atomic mass is 32.1. The van der Waals surface area contributed by atoms with E-state index in [-0.39, 0.29) is 0 Å². The van der Waals surface area contributed by atoms with Gasteiger partial charge in [0.05, 0.1) is 6.61 Å². The van der Waals surface area contributed by atoms with Crippen molar-refractivity contribution in [2.24, 2.45) is 0 Å². The average molecular weight is 206 g/mol. The van der Waals surface area contributed by atoms with Crippen LogP contribution in [0.15, 0.2) is 17.5 Å². The Hall–Kier alpha value is -0.150. The van der Waals surface area contributed by atoms with E-state index in [9.17, 15) is 4.57 Å². The molecule has 0 spiro atoms. The highest BCUT2D eigenvalue weighted by molar-refractivity contribution is 7.51. The molecule has 3 nitrogen and oxygen atoms in total. The molecule has 1 N–H and O–H groups in total. The van der Waals surface area contributed by atoms with Gasteiger partial charge in [-0.3, -0.25) is 4.57 Å². The predicted octanol–water partition coefficient (Wildman–Crippen LogP) is 2.12. The second kappa shape index (κ2) is 4.19. The van der Waals surface area contributed by atoms with Crippen LogP contribution in [0.5, 0.6) is 0 Å². The van der Waals surface area contributed by atoms with Gasteiger partial charge in [0.25, 0.3) is 0 Å². The highest BCUT2D eigenvalue weighted by Crippen LogP contribution is 2.36. The fourth-order valence-electron chi connectivity index (χ4n) is 0.770. The maximum Gasteiger partial charge on any atom is 0.325 e. The molecule has 1 atom stereocenters. The van der Waals surface area contributed by atoms with Crippen LogP contribution in [0, 0.1) is 0 Å². The summed E-state index contributed by atoms with van der Waals surface area (Å²) in [6, 6.07) is 3.93. The van der Waals surface area contributed by atoms with Crippen molar-refractivity contribution in [3.63, 3.8) is 0 Å². The van der Waals surface area contributed by atoms with E-state index in [0.29, 0.717) is 13.0 Å². The van der Waals surface area contributed by atoms with Gasteiger partial charge in [0.1, 0.15) is 0 Å². The molecule has 1 aromatic rings. The van der Waals surface area contributed by atoms with E-state index in [4.69, 9.17) is 9.42 Å². The minimum absolute atomic E-state index is 0.310. The van der Waals surface area contributed by atoms with E-state index >= 15 is 0 Å². The lowest BCUT2D eigenvalue weighted by atomic mass is 10.4. The van der Waals surface area contributed by atoms with Gasteiger partial charge in [0, 0.05) is 18.0 Å². The van der Waals surface area contributed by atoms with E-state index in [1.54, 1.807) is 11.3 Å². The predicted molar refractivity (Wildman–Crippen MR) is 49.7 cm³/mol. The van der Waals surface area contributed by atoms with E-state index in [0.717, 1.165) is 0 Å². The second-order valence-corrected chi connectivity index (χ2v) is 5.36. The van der Waals surface area contributed by atoms with Crippen LogP contribution in [0.2, 0.25) is 0 Å². The van der Waals surface area contributed by atoms with Crippen LogP contribution in [0.1, 0.15) is 4.88 Å². The summed E-state index contributed by atoms with van der Waals surface area (Å²) in [6.07, 6.45) is 0.704. The maximum absolute atomic E-state index is 10.7. The van der Waals surface area contributed by atoms with Gasteiger partial charge in [-0.2, -0.15) is 0 Å². The zero-order chi connectivity index (χ0) is 9.03. The smallest absolute Gasteiger partial charge is 0.324 e. The van der Waals surface area contributed by atoms with Crippen molar-refractivity contribution in [1.29, 1.82) is 0 Å². The molecule has 0 saturated carbocycles. The molecular weight excluding hydrogens is 195 g/mol. The Morgan fingerprint density at radius 3 is 3.00 bits per heavy atom. The van der Waals surface area contributed by atoms with E-state index in [1.165, 1.54) is 11.5 Å². The third kappa shape index (κ3) is 4.02. The van der Waals surface area contributed by atoms with Crippen molar-refractivity contribution in [2.45, 2.75) is 6.42 Å². The molecule has 68 valence electrons. The van der Waals surface area contributed by atoms with Gasteiger partial charge in [0.15, 0.2) is 0 Å². The second-order valence-electron chi connectivity index (χ2n) is 2.47. The number of rotatable bonds is 4. The van der Waals surface area contributed by atoms with Gasteiger partial charge in [-0.25, -0.2) is 0 Å². The minimum Gasteiger partial charge on any atom is -0.324 e. The molecule has 1 aromatic heterocycles. The van der Waals surface area contributed by atoms with Gasteiger partial charge < -0.3 is 9.42 Å². The summed E-state index contributed by atoms with van der Waals surface area (Å²) >= 11 is 1.62. The van der Waals surface area contributed by atoms with Gasteiger partial charge >= 0.3 is 7.60 Å². The van der Waals surface area contributed by atoms with Gasteiger partial charge in [0.2, 0.25) is 0 Å². The molecule has 5 heteroatoms. The van der Waals surface area contributed by atoms with Crippen molar-refractivity contribution in [1.82, 2.24) is 0 Å². The number of hydrogen-bond donors (Lipinski definition) is 1. The van der Waals surface area contributed by atoms with Gasteiger partial charge in [-0.05, 0) is 11.4 Å². The summed E-state index contributed by atoms with van der Waals surface area (Å²) in [6.45, 7) is 1.51. The molecular formula is C7H11O3PS. The summed E-state index contributed by atoms with van der Waals surface area (Å²) < 4.78 is 15.4. The summed E-state index contributed by atoms with van der Waals surface area (Å²) in [5, 5.41) is 1.97. The topological polar surface area (TPSA) is 46.5 Å². The standard InChI is InChI=1S/C7H11O3PS/c1-11(8,9)10-5-4-7-3-2-6-12-7/h2-3,6H,4-5H2,1H3,(H,8,9). The Morgan fingerprint density at radius 2 is 2.50 bits per heavy atom. The lowest BCUT2D eigenvalue weighted by molar-refractivity contribution is 0.268. The molecule has 0 saturated heterocycles. The van der Waals surface area contributed by atoms with Crippen molar-refractivity contribution in [3.8, 4) is 0 Å². The van der Waals surface area contributed by atoms with Crippen LogP contribution < -0.4 is 0 Å². The molecule has 0 radical (unpaired) electrons. The Balaban J connectivity index is 2.24. The van der Waals surface area contributed by atoms with Gasteiger partial charge in [-0.15, -0.1) is 11.3 Å². The molecule has 0 aromatic carbocycles. The van der Waals surface area contributed by atoms with Crippen LogP contribution in [0.25, 0.3) is 0 Å². The fourth-order valence-corrected chi connectivity index (χ4v) is 1.89. The van der Waals surface area contributed by atoms with Crippen LogP contribution >= 0.6 is 18.9 Å². The molecule has 0 fully saturated rings. The van der Waals surface area contributed by atoms with E-state index < -0.39 is 7.60 Å². The summed E-state index contributed by atoms with van der Waals surface area (Å²) in [4.78, 5) is 9.95. The Labute approximate surface area is 75.5 Å². The third-order valence-electron chi connectivity index (χ3n) is 1.26. The lowest BCUT2D eigenvalue weighted by Gasteiger charge is -2.04. The molecule has 1 heterocycles. The van der Waals surface area contributed by atoms with Crippen molar-refractivity contribution in [2.75, 3.05) is 13.3 Å². The zero-order valence-corrected chi connectivity index (χ0v) is 8.48. The Kier molecular flexibility index (Phi) is 3.47. The number of thiophene rings is 1. The minimum atomic E-state index is -3.28. The molecule has 0 aliphatic heterocycles. The molecule has 1 rings (SSSR count). The molecule has 0 bridgehead atoms. The third-order valence-corrected chi connectivity index (χ3v) is 2.86. The zero-order valence-electron chi connectivity index (χ0n) is 6.77. The first-order valence-electron chi connectivity index (χ1n) is 3.55. The molecule has 0 aliphatic carbocycles. The number of hydrogen-bond acceptors (Lipinski definition) is 3. The summed E-state index contributed by atoms with van der Waals surface area (Å²) in [5.41, 5.74) is 0. The molecule has 0 aliphatic rings. The molecule has 12 heavy (non-hydrogen) atoms. The molecule has 1 unspecified atom stereocenters. The van der Waals surface area contributed by atoms with E-state index in [1.807, 2.05) is 17.5 Å². The summed E-state index contributed by atoms with van der Waals surface area (Å²) in [5.74, 6) is 0. The van der Waals surface area contributed by atoms with Crippen LogP contribution in [0.3, 0.4) is 0 Å². The summed E-state index contributed by atoms with van der Waals surface area (Å²) in [7, 11) is -3.28. The van der Waals surface area contributed by atoms with Crippen LogP contribution in [-0.4, -0.2) is 18.2 Å². The highest BCUT2D eigenvalue weighted by Gasteiger charge is 2.08. The van der Waals surface area contributed by atoms with Crippen molar-refractivity contribution < 1.29 is 14.0 Å². The normalized spacial score (nSPS) is 15.8. The first-order valence-corrected chi connectivity index (χ1v) is 6.45. The Bertz CT molecular complexity index is 264. The average Bonchev–Trinajstić information content (AvgIpc) is 2.36. The fraction of sp³-hybridized carbons (Fsp3) is 0.429. The Morgan fingerprint density at radius 1 is 1.75 bits per heavy atom. The van der Waals surface area contributed by atoms with Crippen molar-refractivity contribution >= 4 is 18.9 Å². The SMILES string of the molecule is CP(=O)(O)OCCc1cccs1. The first kappa shape index (κ1) is 9.93. The quantitative estimate of drug-likeness (QED) is 0.767. The first-order chi connectivity index (χ1) is 5.58. The molecule has 0 amide bonds. The monoisotopic (exact) mass is 206 g/mol. The van der Waals surface area contributed by atoms with Gasteiger partial charge in [-0.1, -0.05) is 6.07 Å². The maximum atomic E-state index is 10.7. The lowest BCUT2D eigenvalue weighted by Crippen LogP contribution is -1.94. The van der Waals surface area contributed by atoms with Crippen molar-refractivity contribution in [3.05, 3.63) is 22.4 Å². The van der Waals surface area contributed by atoms with Crippen LogP contribution in [-0.2, 0) is 15.5 Å². The van der Waals surface area contributed by atoms with Crippen LogP contribution in [0.4, 0.5) is 0 Å². The largest absolute Gasteiger partial charge is 0.325 e.